The molecule has 2 N–H and O–H groups in total. The molecule has 106 valence electrons. The van der Waals surface area contributed by atoms with Crippen LogP contribution in [0.1, 0.15) is 43.4 Å². The molecule has 0 spiro atoms. The largest absolute Gasteiger partial charge is 0.496 e. The van der Waals surface area contributed by atoms with Crippen LogP contribution in [0, 0.1) is 5.92 Å². The van der Waals surface area contributed by atoms with Gasteiger partial charge in [-0.15, -0.1) is 11.8 Å². The summed E-state index contributed by atoms with van der Waals surface area (Å²) in [4.78, 5) is 0. The van der Waals surface area contributed by atoms with Crippen molar-refractivity contribution in [2.45, 2.75) is 43.1 Å². The molecule has 0 aromatic heterocycles. The van der Waals surface area contributed by atoms with E-state index in [0.29, 0.717) is 11.8 Å². The quantitative estimate of drug-likeness (QED) is 0.884. The molecule has 0 radical (unpaired) electrons. The summed E-state index contributed by atoms with van der Waals surface area (Å²) >= 11 is 2.05. The molecule has 3 atom stereocenters. The molecule has 19 heavy (non-hydrogen) atoms. The molecular formula is C16H25NOS. The lowest BCUT2D eigenvalue weighted by molar-refractivity contribution is 0.393. The Hall–Kier alpha value is -0.670. The van der Waals surface area contributed by atoms with Crippen molar-refractivity contribution in [1.29, 1.82) is 0 Å². The predicted molar refractivity (Wildman–Crippen MR) is 83.8 cm³/mol. The normalized spacial score (nSPS) is 25.0. The van der Waals surface area contributed by atoms with Gasteiger partial charge in [0.05, 0.1) is 7.11 Å². The van der Waals surface area contributed by atoms with Crippen molar-refractivity contribution in [2.75, 3.05) is 13.7 Å². The van der Waals surface area contributed by atoms with E-state index in [1.807, 2.05) is 23.9 Å². The van der Waals surface area contributed by atoms with E-state index < -0.39 is 0 Å². The fourth-order valence-corrected chi connectivity index (χ4v) is 4.58. The molecule has 1 fully saturated rings. The molecule has 1 aliphatic rings. The van der Waals surface area contributed by atoms with Gasteiger partial charge in [0.15, 0.2) is 0 Å². The van der Waals surface area contributed by atoms with Crippen LogP contribution in [0.25, 0.3) is 0 Å². The average molecular weight is 279 g/mol. The fraction of sp³-hybridized carbons (Fsp3) is 0.625. The van der Waals surface area contributed by atoms with Gasteiger partial charge < -0.3 is 10.5 Å². The Morgan fingerprint density at radius 3 is 2.84 bits per heavy atom. The first-order valence-electron chi connectivity index (χ1n) is 7.23. The van der Waals surface area contributed by atoms with E-state index in [-0.39, 0.29) is 0 Å². The van der Waals surface area contributed by atoms with E-state index >= 15 is 0 Å². The van der Waals surface area contributed by atoms with Gasteiger partial charge in [0.25, 0.3) is 0 Å². The maximum Gasteiger partial charge on any atom is 0.123 e. The predicted octanol–water partition coefficient (Wildman–Crippen LogP) is 4.01. The molecule has 2 rings (SSSR count). The molecule has 0 heterocycles. The van der Waals surface area contributed by atoms with Crippen LogP contribution < -0.4 is 10.5 Å². The molecule has 0 aliphatic heterocycles. The SMILES string of the molecule is COc1ccccc1C(CN)SC1CCCC(C)C1. The minimum absolute atomic E-state index is 0.353. The van der Waals surface area contributed by atoms with Crippen LogP contribution in [0.3, 0.4) is 0 Å². The summed E-state index contributed by atoms with van der Waals surface area (Å²) in [7, 11) is 1.74. The zero-order valence-corrected chi connectivity index (χ0v) is 12.8. The van der Waals surface area contributed by atoms with E-state index in [0.717, 1.165) is 16.9 Å². The monoisotopic (exact) mass is 279 g/mol. The summed E-state index contributed by atoms with van der Waals surface area (Å²) < 4.78 is 5.47. The highest BCUT2D eigenvalue weighted by atomic mass is 32.2. The van der Waals surface area contributed by atoms with Crippen molar-refractivity contribution >= 4 is 11.8 Å². The Bertz CT molecular complexity index is 396. The topological polar surface area (TPSA) is 35.2 Å². The van der Waals surface area contributed by atoms with Crippen LogP contribution in [-0.2, 0) is 0 Å². The van der Waals surface area contributed by atoms with Crippen molar-refractivity contribution in [3.05, 3.63) is 29.8 Å². The smallest absolute Gasteiger partial charge is 0.123 e. The first-order chi connectivity index (χ1) is 9.24. The highest BCUT2D eigenvalue weighted by Gasteiger charge is 2.24. The molecule has 3 heteroatoms. The van der Waals surface area contributed by atoms with Gasteiger partial charge in [0.1, 0.15) is 5.75 Å². The Kier molecular flexibility index (Phi) is 5.59. The second kappa shape index (κ2) is 7.20. The number of benzene rings is 1. The molecule has 1 aromatic carbocycles. The highest BCUT2D eigenvalue weighted by molar-refractivity contribution is 8.00. The number of rotatable bonds is 5. The lowest BCUT2D eigenvalue weighted by Crippen LogP contribution is -2.19. The first kappa shape index (κ1) is 14.7. The number of nitrogens with two attached hydrogens (primary N) is 1. The molecule has 3 unspecified atom stereocenters. The van der Waals surface area contributed by atoms with E-state index in [9.17, 15) is 0 Å². The van der Waals surface area contributed by atoms with Gasteiger partial charge in [-0.2, -0.15) is 0 Å². The number of hydrogen-bond acceptors (Lipinski definition) is 3. The van der Waals surface area contributed by atoms with Gasteiger partial charge >= 0.3 is 0 Å². The van der Waals surface area contributed by atoms with Gasteiger partial charge in [-0.3, -0.25) is 0 Å². The van der Waals surface area contributed by atoms with Crippen molar-refractivity contribution in [1.82, 2.24) is 0 Å². The molecule has 1 saturated carbocycles. The highest BCUT2D eigenvalue weighted by Crippen LogP contribution is 2.42. The van der Waals surface area contributed by atoms with Crippen LogP contribution in [0.15, 0.2) is 24.3 Å². The van der Waals surface area contributed by atoms with E-state index in [4.69, 9.17) is 10.5 Å². The van der Waals surface area contributed by atoms with Crippen molar-refractivity contribution in [3.63, 3.8) is 0 Å². The zero-order valence-electron chi connectivity index (χ0n) is 12.0. The van der Waals surface area contributed by atoms with E-state index in [2.05, 4.69) is 19.1 Å². The minimum atomic E-state index is 0.353. The van der Waals surface area contributed by atoms with Crippen LogP contribution in [-0.4, -0.2) is 18.9 Å². The van der Waals surface area contributed by atoms with Gasteiger partial charge in [-0.25, -0.2) is 0 Å². The third kappa shape index (κ3) is 3.90. The third-order valence-corrected chi connectivity index (χ3v) is 5.53. The van der Waals surface area contributed by atoms with Crippen molar-refractivity contribution < 1.29 is 4.74 Å². The molecule has 2 nitrogen and oxygen atoms in total. The first-order valence-corrected chi connectivity index (χ1v) is 8.17. The van der Waals surface area contributed by atoms with Crippen LogP contribution in [0.5, 0.6) is 5.75 Å². The second-order valence-corrected chi connectivity index (χ2v) is 7.00. The molecule has 0 bridgehead atoms. The third-order valence-electron chi connectivity index (χ3n) is 3.94. The summed E-state index contributed by atoms with van der Waals surface area (Å²) in [6.45, 7) is 3.04. The van der Waals surface area contributed by atoms with Gasteiger partial charge in [-0.05, 0) is 24.8 Å². The second-order valence-electron chi connectivity index (χ2n) is 5.50. The Balaban J connectivity index is 2.07. The van der Waals surface area contributed by atoms with E-state index in [1.165, 1.54) is 31.2 Å². The molecule has 1 aromatic rings. The van der Waals surface area contributed by atoms with Crippen molar-refractivity contribution in [2.24, 2.45) is 11.7 Å². The van der Waals surface area contributed by atoms with Gasteiger partial charge in [-0.1, -0.05) is 38.0 Å². The number of para-hydroxylation sites is 1. The number of hydrogen-bond donors (Lipinski definition) is 1. The molecule has 0 saturated heterocycles. The summed E-state index contributed by atoms with van der Waals surface area (Å²) in [6, 6.07) is 8.27. The number of ether oxygens (including phenoxy) is 1. The number of thioether (sulfide) groups is 1. The van der Waals surface area contributed by atoms with Crippen molar-refractivity contribution in [3.8, 4) is 5.75 Å². The fourth-order valence-electron chi connectivity index (χ4n) is 2.92. The Labute approximate surface area is 121 Å². The Morgan fingerprint density at radius 2 is 2.16 bits per heavy atom. The minimum Gasteiger partial charge on any atom is -0.496 e. The van der Waals surface area contributed by atoms with Crippen LogP contribution in [0.4, 0.5) is 0 Å². The van der Waals surface area contributed by atoms with Crippen LogP contribution in [0.2, 0.25) is 0 Å². The maximum absolute atomic E-state index is 6.00. The van der Waals surface area contributed by atoms with Crippen LogP contribution >= 0.6 is 11.8 Å². The summed E-state index contributed by atoms with van der Waals surface area (Å²) in [5, 5.41) is 1.11. The molecule has 1 aliphatic carbocycles. The molecule has 0 amide bonds. The summed E-state index contributed by atoms with van der Waals surface area (Å²) in [5.74, 6) is 1.83. The lowest BCUT2D eigenvalue weighted by Gasteiger charge is -2.29. The lowest BCUT2D eigenvalue weighted by atomic mass is 9.91. The van der Waals surface area contributed by atoms with E-state index in [1.54, 1.807) is 7.11 Å². The number of methoxy groups -OCH3 is 1. The summed E-state index contributed by atoms with van der Waals surface area (Å²) in [6.07, 6.45) is 5.41. The maximum atomic E-state index is 6.00. The van der Waals surface area contributed by atoms with Gasteiger partial charge in [0, 0.05) is 22.6 Å². The average Bonchev–Trinajstić information content (AvgIpc) is 2.45. The Morgan fingerprint density at radius 1 is 1.37 bits per heavy atom. The zero-order chi connectivity index (χ0) is 13.7. The standard InChI is InChI=1S/C16H25NOS/c1-12-6-5-7-13(10-12)19-16(11-17)14-8-3-4-9-15(14)18-2/h3-4,8-9,12-13,16H,5-7,10-11,17H2,1-2H3. The van der Waals surface area contributed by atoms with Gasteiger partial charge in [0.2, 0.25) is 0 Å². The summed E-state index contributed by atoms with van der Waals surface area (Å²) in [5.41, 5.74) is 7.25. The molecular weight excluding hydrogens is 254 g/mol.